The van der Waals surface area contributed by atoms with Crippen LogP contribution in [0.4, 0.5) is 9.80 Å². The first-order valence-corrected chi connectivity index (χ1v) is 13.7. The van der Waals surface area contributed by atoms with Crippen molar-refractivity contribution in [1.29, 1.82) is 0 Å². The minimum atomic E-state index is -0.343. The maximum Gasteiger partial charge on any atom is 0.341 e. The SMILES string of the molecule is CCN1CCc2c(sc(Br)c2CNC(=O)Nc2sc3c(c2C(=O)OC(C)C)CCCC3)C1. The second-order valence-corrected chi connectivity index (χ2v) is 12.1. The molecule has 2 aromatic rings. The van der Waals surface area contributed by atoms with Crippen LogP contribution in [0.2, 0.25) is 0 Å². The summed E-state index contributed by atoms with van der Waals surface area (Å²) >= 11 is 6.98. The molecule has 2 aromatic heterocycles. The van der Waals surface area contributed by atoms with E-state index in [9.17, 15) is 9.59 Å². The van der Waals surface area contributed by atoms with Crippen molar-refractivity contribution >= 4 is 55.6 Å². The Morgan fingerprint density at radius 2 is 1.91 bits per heavy atom. The number of nitrogens with one attached hydrogen (secondary N) is 2. The van der Waals surface area contributed by atoms with Crippen LogP contribution in [-0.2, 0) is 37.1 Å². The Balaban J connectivity index is 1.47. The number of carbonyl (C=O) groups is 2. The summed E-state index contributed by atoms with van der Waals surface area (Å²) in [5, 5.41) is 6.55. The number of rotatable bonds is 6. The molecule has 0 spiro atoms. The van der Waals surface area contributed by atoms with Crippen LogP contribution in [0.15, 0.2) is 3.79 Å². The van der Waals surface area contributed by atoms with Gasteiger partial charge in [0.1, 0.15) is 5.00 Å². The summed E-state index contributed by atoms with van der Waals surface area (Å²) in [7, 11) is 0. The van der Waals surface area contributed by atoms with Gasteiger partial charge >= 0.3 is 12.0 Å². The van der Waals surface area contributed by atoms with Crippen LogP contribution in [0.5, 0.6) is 0 Å². The van der Waals surface area contributed by atoms with Crippen LogP contribution >= 0.6 is 38.6 Å². The average Bonchev–Trinajstić information content (AvgIpc) is 3.27. The van der Waals surface area contributed by atoms with E-state index in [2.05, 4.69) is 38.4 Å². The standard InChI is InChI=1S/C23H30BrN3O3S2/c1-4-27-10-9-14-16(20(24)31-18(14)12-27)11-25-23(29)26-21-19(22(28)30-13(2)3)15-7-5-6-8-17(15)32-21/h13H,4-12H2,1-3H3,(H2,25,26,29). The highest BCUT2D eigenvalue weighted by atomic mass is 79.9. The average molecular weight is 541 g/mol. The summed E-state index contributed by atoms with van der Waals surface area (Å²) < 4.78 is 6.58. The molecule has 0 saturated heterocycles. The summed E-state index contributed by atoms with van der Waals surface area (Å²) in [5.74, 6) is -0.343. The van der Waals surface area contributed by atoms with E-state index < -0.39 is 0 Å². The molecule has 9 heteroatoms. The molecule has 174 valence electrons. The number of hydrogen-bond donors (Lipinski definition) is 2. The molecule has 0 bridgehead atoms. The van der Waals surface area contributed by atoms with Crippen molar-refractivity contribution in [3.63, 3.8) is 0 Å². The number of thiophene rings is 2. The topological polar surface area (TPSA) is 70.7 Å². The van der Waals surface area contributed by atoms with Gasteiger partial charge in [-0.1, -0.05) is 6.92 Å². The van der Waals surface area contributed by atoms with Gasteiger partial charge in [-0.15, -0.1) is 22.7 Å². The third kappa shape index (κ3) is 5.05. The predicted octanol–water partition coefficient (Wildman–Crippen LogP) is 5.72. The van der Waals surface area contributed by atoms with Crippen LogP contribution in [-0.4, -0.2) is 36.1 Å². The molecule has 3 heterocycles. The van der Waals surface area contributed by atoms with Crippen LogP contribution in [0.3, 0.4) is 0 Å². The summed E-state index contributed by atoms with van der Waals surface area (Å²) in [5.41, 5.74) is 4.13. The van der Waals surface area contributed by atoms with Crippen LogP contribution in [0, 0.1) is 0 Å². The molecule has 4 rings (SSSR count). The molecule has 1 aliphatic carbocycles. The largest absolute Gasteiger partial charge is 0.459 e. The van der Waals surface area contributed by atoms with E-state index in [1.165, 1.54) is 32.2 Å². The van der Waals surface area contributed by atoms with Gasteiger partial charge in [-0.3, -0.25) is 10.2 Å². The van der Waals surface area contributed by atoms with Gasteiger partial charge in [0, 0.05) is 29.4 Å². The van der Waals surface area contributed by atoms with Gasteiger partial charge in [0.25, 0.3) is 0 Å². The van der Waals surface area contributed by atoms with E-state index in [4.69, 9.17) is 4.74 Å². The van der Waals surface area contributed by atoms with Crippen molar-refractivity contribution in [2.75, 3.05) is 18.4 Å². The van der Waals surface area contributed by atoms with E-state index in [0.717, 1.165) is 61.1 Å². The van der Waals surface area contributed by atoms with E-state index in [0.29, 0.717) is 17.1 Å². The summed E-state index contributed by atoms with van der Waals surface area (Å²) in [4.78, 5) is 30.6. The van der Waals surface area contributed by atoms with Crippen LogP contribution < -0.4 is 10.6 Å². The van der Waals surface area contributed by atoms with Gasteiger partial charge < -0.3 is 10.1 Å². The molecule has 1 aliphatic heterocycles. The van der Waals surface area contributed by atoms with E-state index in [1.54, 1.807) is 11.3 Å². The second-order valence-electron chi connectivity index (χ2n) is 8.55. The minimum absolute atomic E-state index is 0.200. The number of likely N-dealkylation sites (N-methyl/N-ethyl adjacent to an activating group) is 1. The third-order valence-electron chi connectivity index (χ3n) is 6.01. The van der Waals surface area contributed by atoms with E-state index in [1.807, 2.05) is 13.8 Å². The van der Waals surface area contributed by atoms with Gasteiger partial charge in [0.2, 0.25) is 0 Å². The van der Waals surface area contributed by atoms with Gasteiger partial charge in [-0.05, 0) is 85.1 Å². The zero-order chi connectivity index (χ0) is 22.8. The number of nitrogens with zero attached hydrogens (tertiary/aromatic N) is 1. The lowest BCUT2D eigenvalue weighted by Crippen LogP contribution is -2.31. The number of esters is 1. The second kappa shape index (κ2) is 10.2. The fourth-order valence-corrected chi connectivity index (χ4v) is 7.76. The Kier molecular flexibility index (Phi) is 7.59. The molecule has 0 fully saturated rings. The van der Waals surface area contributed by atoms with Crippen LogP contribution in [0.1, 0.15) is 70.4 Å². The Labute approximate surface area is 205 Å². The quantitative estimate of drug-likeness (QED) is 0.460. The molecule has 0 radical (unpaired) electrons. The number of amides is 2. The number of carbonyl (C=O) groups excluding carboxylic acids is 2. The lowest BCUT2D eigenvalue weighted by Gasteiger charge is -2.25. The van der Waals surface area contributed by atoms with Crippen LogP contribution in [0.25, 0.3) is 0 Å². The van der Waals surface area contributed by atoms with Gasteiger partial charge in [-0.25, -0.2) is 9.59 Å². The molecular weight excluding hydrogens is 510 g/mol. The van der Waals surface area contributed by atoms with Gasteiger partial charge in [0.15, 0.2) is 0 Å². The van der Waals surface area contributed by atoms with Crippen molar-refractivity contribution in [1.82, 2.24) is 10.2 Å². The zero-order valence-electron chi connectivity index (χ0n) is 18.8. The van der Waals surface area contributed by atoms with Crippen molar-refractivity contribution in [2.24, 2.45) is 0 Å². The fourth-order valence-electron chi connectivity index (χ4n) is 4.39. The first-order chi connectivity index (χ1) is 15.4. The van der Waals surface area contributed by atoms with Gasteiger partial charge in [0.05, 0.1) is 15.5 Å². The molecule has 2 N–H and O–H groups in total. The van der Waals surface area contributed by atoms with Gasteiger partial charge in [-0.2, -0.15) is 0 Å². The first kappa shape index (κ1) is 23.7. The van der Waals surface area contributed by atoms with Crippen molar-refractivity contribution in [3.8, 4) is 0 Å². The Hall–Kier alpha value is -1.42. The first-order valence-electron chi connectivity index (χ1n) is 11.3. The number of ether oxygens (including phenoxy) is 1. The number of fused-ring (bicyclic) bond motifs is 2. The van der Waals surface area contributed by atoms with Crippen molar-refractivity contribution < 1.29 is 14.3 Å². The maximum atomic E-state index is 12.8. The summed E-state index contributed by atoms with van der Waals surface area (Å²) in [6.45, 7) is 9.41. The van der Waals surface area contributed by atoms with Crippen molar-refractivity contribution in [2.45, 2.75) is 72.1 Å². The maximum absolute atomic E-state index is 12.8. The molecular formula is C23H30BrN3O3S2. The highest BCUT2D eigenvalue weighted by Gasteiger charge is 2.28. The summed E-state index contributed by atoms with van der Waals surface area (Å²) in [6, 6.07) is -0.292. The Morgan fingerprint density at radius 1 is 1.12 bits per heavy atom. The molecule has 0 atom stereocenters. The molecule has 2 aliphatic rings. The number of urea groups is 1. The normalized spacial score (nSPS) is 15.9. The predicted molar refractivity (Wildman–Crippen MR) is 134 cm³/mol. The Morgan fingerprint density at radius 3 is 2.66 bits per heavy atom. The molecule has 2 amide bonds. The third-order valence-corrected chi connectivity index (χ3v) is 9.23. The monoisotopic (exact) mass is 539 g/mol. The Bertz CT molecular complexity index is 1010. The highest BCUT2D eigenvalue weighted by molar-refractivity contribution is 9.11. The lowest BCUT2D eigenvalue weighted by atomic mass is 9.95. The smallest absolute Gasteiger partial charge is 0.341 e. The minimum Gasteiger partial charge on any atom is -0.459 e. The fraction of sp³-hybridized carbons (Fsp3) is 0.565. The summed E-state index contributed by atoms with van der Waals surface area (Å²) in [6.07, 6.45) is 4.80. The zero-order valence-corrected chi connectivity index (χ0v) is 22.0. The number of halogens is 1. The molecule has 0 aromatic carbocycles. The molecule has 0 unspecified atom stereocenters. The molecule has 6 nitrogen and oxygen atoms in total. The molecule has 0 saturated carbocycles. The number of aryl methyl sites for hydroxylation is 1. The van der Waals surface area contributed by atoms with Crippen molar-refractivity contribution in [3.05, 3.63) is 35.8 Å². The number of hydrogen-bond acceptors (Lipinski definition) is 6. The molecule has 32 heavy (non-hydrogen) atoms. The number of anilines is 1. The van der Waals surface area contributed by atoms with E-state index in [-0.39, 0.29) is 18.1 Å². The lowest BCUT2D eigenvalue weighted by molar-refractivity contribution is 0.0378. The van der Waals surface area contributed by atoms with E-state index >= 15 is 0 Å². The highest BCUT2D eigenvalue weighted by Crippen LogP contribution is 2.39.